The van der Waals surface area contributed by atoms with Gasteiger partial charge in [-0.15, -0.1) is 9.05 Å². The second-order valence-corrected chi connectivity index (χ2v) is 6.40. The van der Waals surface area contributed by atoms with Crippen molar-refractivity contribution in [3.8, 4) is 0 Å². The Morgan fingerprint density at radius 3 is 1.50 bits per heavy atom. The topological polar surface area (TPSA) is 35.5 Å². The molecule has 0 aliphatic heterocycles. The molecule has 2 atom stereocenters. The number of hydrogen-bond acceptors (Lipinski definition) is 3. The molecule has 2 aromatic carbocycles. The average Bonchev–Trinajstić information content (AvgIpc) is 2.59. The third kappa shape index (κ3) is 5.34. The van der Waals surface area contributed by atoms with Crippen LogP contribution >= 0.6 is 8.25 Å². The Hall–Kier alpha value is -1.54. The third-order valence-electron chi connectivity index (χ3n) is 3.60. The Morgan fingerprint density at radius 1 is 0.773 bits per heavy atom. The van der Waals surface area contributed by atoms with Crippen LogP contribution in [0.25, 0.3) is 0 Å². The predicted octanol–water partition coefficient (Wildman–Crippen LogP) is 5.28. The van der Waals surface area contributed by atoms with Crippen LogP contribution < -0.4 is 0 Å². The first-order valence-corrected chi connectivity index (χ1v) is 8.59. The van der Waals surface area contributed by atoms with Crippen LogP contribution in [-0.2, 0) is 13.6 Å². The van der Waals surface area contributed by atoms with Gasteiger partial charge in [0.25, 0.3) is 0 Å². The maximum atomic E-state index is 11.8. The van der Waals surface area contributed by atoms with E-state index >= 15 is 0 Å². The lowest BCUT2D eigenvalue weighted by atomic mass is 10.0. The minimum absolute atomic E-state index is 0.190. The smallest absolute Gasteiger partial charge is 0.118 e. The van der Waals surface area contributed by atoms with Crippen LogP contribution in [-0.4, -0.2) is 13.2 Å². The van der Waals surface area contributed by atoms with Crippen LogP contribution in [0.1, 0.15) is 36.8 Å². The Bertz CT molecular complexity index is 520. The van der Waals surface area contributed by atoms with Gasteiger partial charge >= 0.3 is 8.25 Å². The van der Waals surface area contributed by atoms with Crippen LogP contribution in [0.3, 0.4) is 0 Å². The highest BCUT2D eigenvalue weighted by Gasteiger charge is 2.24. The van der Waals surface area contributed by atoms with Crippen LogP contribution in [0.4, 0.5) is 0 Å². The molecule has 0 bridgehead atoms. The highest BCUT2D eigenvalue weighted by molar-refractivity contribution is 7.33. The molecule has 3 nitrogen and oxygen atoms in total. The summed E-state index contributed by atoms with van der Waals surface area (Å²) >= 11 is 0. The van der Waals surface area contributed by atoms with Gasteiger partial charge in [0, 0.05) is 16.4 Å². The normalized spacial score (nSPS) is 14.4. The predicted molar refractivity (Wildman–Crippen MR) is 89.2 cm³/mol. The lowest BCUT2D eigenvalue weighted by Crippen LogP contribution is -2.04. The van der Waals surface area contributed by atoms with E-state index in [9.17, 15) is 4.57 Å². The lowest BCUT2D eigenvalue weighted by Gasteiger charge is -2.08. The van der Waals surface area contributed by atoms with Crippen LogP contribution in [0, 0.1) is 0 Å². The van der Waals surface area contributed by atoms with E-state index in [1.165, 1.54) is 11.1 Å². The molecule has 4 heteroatoms. The standard InChI is InChI=1S/C18H22O3P/c1-15(17-9-5-3-6-10-17)13-20-22(19)21-14-16(2)18-11-7-4-8-12-18/h3-12,15-16H,13-14H2,1-2H3/q+1. The van der Waals surface area contributed by atoms with E-state index < -0.39 is 8.25 Å². The summed E-state index contributed by atoms with van der Waals surface area (Å²) in [6.45, 7) is 4.87. The summed E-state index contributed by atoms with van der Waals surface area (Å²) in [4.78, 5) is 0. The molecule has 2 rings (SSSR count). The molecular weight excluding hydrogens is 295 g/mol. The first kappa shape index (κ1) is 16.8. The van der Waals surface area contributed by atoms with E-state index in [2.05, 4.69) is 0 Å². The summed E-state index contributed by atoms with van der Waals surface area (Å²) in [5.41, 5.74) is 2.34. The molecule has 2 unspecified atom stereocenters. The Morgan fingerprint density at radius 2 is 1.14 bits per heavy atom. The molecule has 22 heavy (non-hydrogen) atoms. The first-order chi connectivity index (χ1) is 10.7. The van der Waals surface area contributed by atoms with Crippen molar-refractivity contribution >= 4 is 8.25 Å². The highest BCUT2D eigenvalue weighted by atomic mass is 31.1. The largest absolute Gasteiger partial charge is 0.697 e. The van der Waals surface area contributed by atoms with Gasteiger partial charge in [0.2, 0.25) is 0 Å². The summed E-state index contributed by atoms with van der Waals surface area (Å²) in [5.74, 6) is 0.380. The maximum Gasteiger partial charge on any atom is 0.697 e. The van der Waals surface area contributed by atoms with E-state index in [0.29, 0.717) is 13.2 Å². The van der Waals surface area contributed by atoms with Crippen LogP contribution in [0.2, 0.25) is 0 Å². The third-order valence-corrected chi connectivity index (χ3v) is 4.32. The Labute approximate surface area is 133 Å². The number of benzene rings is 2. The molecule has 0 amide bonds. The SMILES string of the molecule is CC(CO[P+](=O)OCC(C)c1ccccc1)c1ccccc1. The molecule has 0 saturated carbocycles. The van der Waals surface area contributed by atoms with Gasteiger partial charge in [0.05, 0.1) is 0 Å². The van der Waals surface area contributed by atoms with Gasteiger partial charge in [0.15, 0.2) is 0 Å². The van der Waals surface area contributed by atoms with Gasteiger partial charge in [-0.1, -0.05) is 74.5 Å². The van der Waals surface area contributed by atoms with Crippen molar-refractivity contribution in [3.63, 3.8) is 0 Å². The number of rotatable bonds is 8. The van der Waals surface area contributed by atoms with Crippen molar-refractivity contribution in [1.29, 1.82) is 0 Å². The summed E-state index contributed by atoms with van der Waals surface area (Å²) in [6, 6.07) is 20.1. The van der Waals surface area contributed by atoms with Crippen molar-refractivity contribution in [2.24, 2.45) is 0 Å². The molecule has 0 heterocycles. The minimum Gasteiger partial charge on any atom is -0.118 e. The molecule has 0 radical (unpaired) electrons. The molecule has 0 spiro atoms. The van der Waals surface area contributed by atoms with Gasteiger partial charge in [0.1, 0.15) is 13.2 Å². The van der Waals surface area contributed by atoms with Crippen LogP contribution in [0.15, 0.2) is 60.7 Å². The molecule has 0 aliphatic rings. The molecule has 0 saturated heterocycles. The van der Waals surface area contributed by atoms with Gasteiger partial charge in [-0.25, -0.2) is 0 Å². The van der Waals surface area contributed by atoms with Crippen molar-refractivity contribution in [3.05, 3.63) is 71.8 Å². The zero-order valence-electron chi connectivity index (χ0n) is 13.0. The molecular formula is C18H22O3P+. The fourth-order valence-corrected chi connectivity index (χ4v) is 2.90. The summed E-state index contributed by atoms with van der Waals surface area (Å²) in [6.07, 6.45) is 0. The van der Waals surface area contributed by atoms with Gasteiger partial charge in [-0.05, 0) is 11.1 Å². The molecule has 0 fully saturated rings. The second-order valence-electron chi connectivity index (χ2n) is 5.44. The quantitative estimate of drug-likeness (QED) is 0.621. The molecule has 0 N–H and O–H groups in total. The molecule has 0 aliphatic carbocycles. The van der Waals surface area contributed by atoms with Gasteiger partial charge in [-0.2, -0.15) is 0 Å². The van der Waals surface area contributed by atoms with Gasteiger partial charge < -0.3 is 0 Å². The van der Waals surface area contributed by atoms with E-state index in [4.69, 9.17) is 9.05 Å². The van der Waals surface area contributed by atoms with Gasteiger partial charge in [-0.3, -0.25) is 0 Å². The maximum absolute atomic E-state index is 11.8. The summed E-state index contributed by atoms with van der Waals surface area (Å²) in [7, 11) is -2.08. The molecule has 116 valence electrons. The monoisotopic (exact) mass is 317 g/mol. The Balaban J connectivity index is 1.72. The van der Waals surface area contributed by atoms with E-state index in [1.54, 1.807) is 0 Å². The average molecular weight is 317 g/mol. The lowest BCUT2D eigenvalue weighted by molar-refractivity contribution is 0.210. The van der Waals surface area contributed by atoms with E-state index in [1.807, 2.05) is 74.5 Å². The van der Waals surface area contributed by atoms with Crippen molar-refractivity contribution in [2.45, 2.75) is 25.7 Å². The fourth-order valence-electron chi connectivity index (χ4n) is 2.14. The molecule has 2 aromatic rings. The second kappa shape index (κ2) is 8.79. The summed E-state index contributed by atoms with van der Waals surface area (Å²) < 4.78 is 22.5. The summed E-state index contributed by atoms with van der Waals surface area (Å²) in [5, 5.41) is 0. The zero-order chi connectivity index (χ0) is 15.8. The van der Waals surface area contributed by atoms with Crippen LogP contribution in [0.5, 0.6) is 0 Å². The van der Waals surface area contributed by atoms with E-state index in [0.717, 1.165) is 0 Å². The fraction of sp³-hybridized carbons (Fsp3) is 0.333. The zero-order valence-corrected chi connectivity index (χ0v) is 13.9. The minimum atomic E-state index is -2.08. The Kier molecular flexibility index (Phi) is 6.73. The molecule has 0 aromatic heterocycles. The highest BCUT2D eigenvalue weighted by Crippen LogP contribution is 2.29. The number of hydrogen-bond donors (Lipinski definition) is 0. The van der Waals surface area contributed by atoms with Crippen molar-refractivity contribution < 1.29 is 13.6 Å². The van der Waals surface area contributed by atoms with Crippen molar-refractivity contribution in [2.75, 3.05) is 13.2 Å². The van der Waals surface area contributed by atoms with Crippen molar-refractivity contribution in [1.82, 2.24) is 0 Å². The first-order valence-electron chi connectivity index (χ1n) is 7.49. The van der Waals surface area contributed by atoms with E-state index in [-0.39, 0.29) is 11.8 Å².